The van der Waals surface area contributed by atoms with Gasteiger partial charge in [-0.1, -0.05) is 22.5 Å². The van der Waals surface area contributed by atoms with E-state index >= 15 is 0 Å². The number of halogens is 1. The van der Waals surface area contributed by atoms with E-state index < -0.39 is 0 Å². The second-order valence-corrected chi connectivity index (χ2v) is 5.62. The van der Waals surface area contributed by atoms with Gasteiger partial charge in [-0.2, -0.15) is 0 Å². The molecule has 104 valence electrons. The number of hydrogen-bond acceptors (Lipinski definition) is 2. The van der Waals surface area contributed by atoms with Gasteiger partial charge in [-0.25, -0.2) is 0 Å². The molecule has 0 saturated heterocycles. The molecule has 0 aliphatic carbocycles. The average molecular weight is 326 g/mol. The summed E-state index contributed by atoms with van der Waals surface area (Å²) in [5.74, 6) is 0.759. The molecule has 0 N–H and O–H groups in total. The van der Waals surface area contributed by atoms with E-state index in [0.29, 0.717) is 12.1 Å². The van der Waals surface area contributed by atoms with Crippen LogP contribution in [0.4, 0.5) is 0 Å². The fourth-order valence-corrected chi connectivity index (χ4v) is 2.09. The molecule has 3 nitrogen and oxygen atoms in total. The van der Waals surface area contributed by atoms with Gasteiger partial charge in [0.15, 0.2) is 0 Å². The maximum atomic E-state index is 12.1. The maximum absolute atomic E-state index is 12.1. The Hall–Kier alpha value is -1.29. The van der Waals surface area contributed by atoms with Crippen molar-refractivity contribution in [3.63, 3.8) is 0 Å². The quantitative estimate of drug-likeness (QED) is 0.771. The Kier molecular flexibility index (Phi) is 5.60. The molecule has 0 saturated carbocycles. The predicted molar refractivity (Wildman–Crippen MR) is 81.2 cm³/mol. The van der Waals surface area contributed by atoms with Crippen molar-refractivity contribution in [3.05, 3.63) is 40.4 Å². The van der Waals surface area contributed by atoms with Crippen LogP contribution in [0.15, 0.2) is 34.8 Å². The molecule has 19 heavy (non-hydrogen) atoms. The summed E-state index contributed by atoms with van der Waals surface area (Å²) in [6, 6.07) is 5.86. The Morgan fingerprint density at radius 3 is 2.58 bits per heavy atom. The maximum Gasteiger partial charge on any atom is 0.249 e. The molecule has 1 amide bonds. The number of carbonyl (C=O) groups excluding carboxylic acids is 1. The summed E-state index contributed by atoms with van der Waals surface area (Å²) >= 11 is 3.51. The van der Waals surface area contributed by atoms with E-state index in [1.165, 1.54) is 0 Å². The van der Waals surface area contributed by atoms with Gasteiger partial charge in [0.1, 0.15) is 5.75 Å². The van der Waals surface area contributed by atoms with Gasteiger partial charge >= 0.3 is 0 Å². The van der Waals surface area contributed by atoms with Crippen LogP contribution in [0.1, 0.15) is 26.3 Å². The molecule has 0 unspecified atom stereocenters. The van der Waals surface area contributed by atoms with Crippen LogP contribution in [-0.2, 0) is 11.3 Å². The SMILES string of the molecule is C=C(C)C(=O)N(Cc1cc(OC)ccc1Br)C(C)C. The Morgan fingerprint density at radius 2 is 2.11 bits per heavy atom. The van der Waals surface area contributed by atoms with Crippen molar-refractivity contribution in [3.8, 4) is 5.75 Å². The van der Waals surface area contributed by atoms with Crippen LogP contribution >= 0.6 is 15.9 Å². The molecule has 0 fully saturated rings. The summed E-state index contributed by atoms with van der Waals surface area (Å²) in [5, 5.41) is 0. The lowest BCUT2D eigenvalue weighted by Crippen LogP contribution is -2.36. The third kappa shape index (κ3) is 4.10. The Labute approximate surface area is 123 Å². The average Bonchev–Trinajstić information content (AvgIpc) is 2.36. The summed E-state index contributed by atoms with van der Waals surface area (Å²) < 4.78 is 6.18. The highest BCUT2D eigenvalue weighted by Crippen LogP contribution is 2.25. The molecule has 0 aliphatic rings. The van der Waals surface area contributed by atoms with Gasteiger partial charge in [0.25, 0.3) is 0 Å². The molecular formula is C15H20BrNO2. The third-order valence-corrected chi connectivity index (χ3v) is 3.62. The van der Waals surface area contributed by atoms with Crippen LogP contribution < -0.4 is 4.74 Å². The molecule has 4 heteroatoms. The topological polar surface area (TPSA) is 29.5 Å². The van der Waals surface area contributed by atoms with Gasteiger partial charge in [0.2, 0.25) is 5.91 Å². The highest BCUT2D eigenvalue weighted by Gasteiger charge is 2.19. The summed E-state index contributed by atoms with van der Waals surface area (Å²) in [6.45, 7) is 9.98. The van der Waals surface area contributed by atoms with Gasteiger partial charge < -0.3 is 9.64 Å². The number of methoxy groups -OCH3 is 1. The van der Waals surface area contributed by atoms with Crippen molar-refractivity contribution >= 4 is 21.8 Å². The van der Waals surface area contributed by atoms with Crippen molar-refractivity contribution in [1.82, 2.24) is 4.90 Å². The van der Waals surface area contributed by atoms with Gasteiger partial charge in [-0.3, -0.25) is 4.79 Å². The van der Waals surface area contributed by atoms with Crippen LogP contribution in [0.2, 0.25) is 0 Å². The fraction of sp³-hybridized carbons (Fsp3) is 0.400. The van der Waals surface area contributed by atoms with Gasteiger partial charge in [0, 0.05) is 22.6 Å². The third-order valence-electron chi connectivity index (χ3n) is 2.84. The lowest BCUT2D eigenvalue weighted by Gasteiger charge is -2.27. The minimum atomic E-state index is -0.0234. The van der Waals surface area contributed by atoms with Gasteiger partial charge in [0.05, 0.1) is 7.11 Å². The van der Waals surface area contributed by atoms with Crippen LogP contribution in [0.5, 0.6) is 5.75 Å². The van der Waals surface area contributed by atoms with Gasteiger partial charge in [-0.15, -0.1) is 0 Å². The highest BCUT2D eigenvalue weighted by molar-refractivity contribution is 9.10. The first-order chi connectivity index (χ1) is 8.86. The van der Waals surface area contributed by atoms with E-state index in [1.54, 1.807) is 18.9 Å². The van der Waals surface area contributed by atoms with E-state index in [4.69, 9.17) is 4.74 Å². The summed E-state index contributed by atoms with van der Waals surface area (Å²) in [5.41, 5.74) is 1.57. The van der Waals surface area contributed by atoms with Crippen LogP contribution in [-0.4, -0.2) is 24.0 Å². The zero-order chi connectivity index (χ0) is 14.6. The first kappa shape index (κ1) is 15.8. The molecule has 0 aromatic heterocycles. The van der Waals surface area contributed by atoms with Crippen molar-refractivity contribution in [1.29, 1.82) is 0 Å². The van der Waals surface area contributed by atoms with Crippen LogP contribution in [0.25, 0.3) is 0 Å². The zero-order valence-corrected chi connectivity index (χ0v) is 13.5. The van der Waals surface area contributed by atoms with E-state index in [-0.39, 0.29) is 11.9 Å². The number of amides is 1. The monoisotopic (exact) mass is 325 g/mol. The summed E-state index contributed by atoms with van der Waals surface area (Å²) in [6.07, 6.45) is 0. The van der Waals surface area contributed by atoms with E-state index in [2.05, 4.69) is 22.5 Å². The number of carbonyl (C=O) groups is 1. The standard InChI is InChI=1S/C15H20BrNO2/c1-10(2)15(18)17(11(3)4)9-12-8-13(19-5)6-7-14(12)16/h6-8,11H,1,9H2,2-5H3. The summed E-state index contributed by atoms with van der Waals surface area (Å²) in [4.78, 5) is 13.9. The Balaban J connectivity index is 3.03. The predicted octanol–water partition coefficient (Wildman–Crippen LogP) is 3.77. The fourth-order valence-electron chi connectivity index (χ4n) is 1.72. The Morgan fingerprint density at radius 1 is 1.47 bits per heavy atom. The number of hydrogen-bond donors (Lipinski definition) is 0. The zero-order valence-electron chi connectivity index (χ0n) is 11.9. The smallest absolute Gasteiger partial charge is 0.249 e. The van der Waals surface area contributed by atoms with Gasteiger partial charge in [-0.05, 0) is 44.5 Å². The first-order valence-electron chi connectivity index (χ1n) is 6.15. The second-order valence-electron chi connectivity index (χ2n) is 4.76. The molecule has 0 radical (unpaired) electrons. The normalized spacial score (nSPS) is 10.4. The van der Waals surface area contributed by atoms with E-state index in [0.717, 1.165) is 15.8 Å². The van der Waals surface area contributed by atoms with Crippen LogP contribution in [0.3, 0.4) is 0 Å². The molecule has 0 atom stereocenters. The second kappa shape index (κ2) is 6.75. The minimum absolute atomic E-state index is 0.0234. The number of ether oxygens (including phenoxy) is 1. The molecule has 1 rings (SSSR count). The van der Waals surface area contributed by atoms with Crippen molar-refractivity contribution in [2.45, 2.75) is 33.4 Å². The highest BCUT2D eigenvalue weighted by atomic mass is 79.9. The van der Waals surface area contributed by atoms with Crippen molar-refractivity contribution in [2.24, 2.45) is 0 Å². The molecule has 0 heterocycles. The molecule has 0 bridgehead atoms. The molecular weight excluding hydrogens is 306 g/mol. The minimum Gasteiger partial charge on any atom is -0.497 e. The number of nitrogens with zero attached hydrogens (tertiary/aromatic N) is 1. The van der Waals surface area contributed by atoms with Crippen LogP contribution in [0, 0.1) is 0 Å². The summed E-state index contributed by atoms with van der Waals surface area (Å²) in [7, 11) is 1.63. The first-order valence-corrected chi connectivity index (χ1v) is 6.95. The molecule has 1 aromatic rings. The van der Waals surface area contributed by atoms with Crippen molar-refractivity contribution in [2.75, 3.05) is 7.11 Å². The number of rotatable bonds is 5. The van der Waals surface area contributed by atoms with Crippen molar-refractivity contribution < 1.29 is 9.53 Å². The van der Waals surface area contributed by atoms with E-state index in [9.17, 15) is 4.79 Å². The Bertz CT molecular complexity index is 483. The molecule has 1 aromatic carbocycles. The largest absolute Gasteiger partial charge is 0.497 e. The number of benzene rings is 1. The lowest BCUT2D eigenvalue weighted by molar-refractivity contribution is -0.129. The molecule has 0 spiro atoms. The van der Waals surface area contributed by atoms with E-state index in [1.807, 2.05) is 32.0 Å². The lowest BCUT2D eigenvalue weighted by atomic mass is 10.1. The molecule has 0 aliphatic heterocycles.